The number of rotatable bonds is 8. The third-order valence-electron chi connectivity index (χ3n) is 13.4. The molecule has 0 radical (unpaired) electrons. The molecule has 17 N–H and O–H groups in total. The van der Waals surface area contributed by atoms with Gasteiger partial charge in [0.05, 0.1) is 39.6 Å². The number of hydrogen-bond acceptors (Lipinski definition) is 31. The van der Waals surface area contributed by atoms with Crippen LogP contribution in [0.1, 0.15) is 0 Å². The van der Waals surface area contributed by atoms with Crippen LogP contribution in [0.2, 0.25) is 0 Å². The number of thiophene rings is 1. The van der Waals surface area contributed by atoms with Crippen molar-refractivity contribution in [1.29, 1.82) is 0 Å². The monoisotopic (exact) mass is 1050 g/mol. The lowest BCUT2D eigenvalue weighted by molar-refractivity contribution is -0.403. The maximum atomic E-state index is 11.8. The fourth-order valence-corrected chi connectivity index (χ4v) is 10.1. The Morgan fingerprint density at radius 3 is 0.803 bits per heavy atom. The highest BCUT2D eigenvalue weighted by Crippen LogP contribution is 2.39. The van der Waals surface area contributed by atoms with Gasteiger partial charge in [0, 0.05) is 0 Å². The molecule has 22 aliphatic heterocycles. The van der Waals surface area contributed by atoms with Crippen LogP contribution in [-0.2, 0) is 56.8 Å². The molecule has 0 spiro atoms. The lowest BCUT2D eigenvalue weighted by Gasteiger charge is -2.51. The molecule has 22 aliphatic rings. The average Bonchev–Trinajstić information content (AvgIpc) is 3.89. The van der Waals surface area contributed by atoms with E-state index in [1.807, 2.05) is 0 Å². The zero-order valence-electron chi connectivity index (χ0n) is 37.1. The van der Waals surface area contributed by atoms with Crippen LogP contribution in [0, 0.1) is 0 Å². The molecule has 31 heteroatoms. The highest BCUT2D eigenvalue weighted by molar-refractivity contribution is 7.11. The van der Waals surface area contributed by atoms with E-state index in [9.17, 15) is 86.8 Å². The fraction of sp³-hybridized carbons (Fsp3) is 0.900. The van der Waals surface area contributed by atoms with Crippen LogP contribution in [0.15, 0.2) is 17.5 Å². The van der Waals surface area contributed by atoms with Crippen LogP contribution in [0.25, 0.3) is 0 Å². The molecule has 0 aliphatic carbocycles. The molecule has 0 saturated carbocycles. The largest absolute Gasteiger partial charge is 0.475 e. The van der Waals surface area contributed by atoms with E-state index < -0.39 is 224 Å². The van der Waals surface area contributed by atoms with Crippen molar-refractivity contribution in [3.63, 3.8) is 0 Å². The summed E-state index contributed by atoms with van der Waals surface area (Å²) in [5.74, 6) is 0. The van der Waals surface area contributed by atoms with Crippen molar-refractivity contribution in [2.75, 3.05) is 39.6 Å². The molecule has 0 amide bonds. The second-order valence-electron chi connectivity index (χ2n) is 17.9. The lowest BCUT2D eigenvalue weighted by Crippen LogP contribution is -2.69. The van der Waals surface area contributed by atoms with Gasteiger partial charge in [0.1, 0.15) is 140 Å². The van der Waals surface area contributed by atoms with E-state index in [4.69, 9.17) is 61.6 Å². The molecule has 30 atom stereocenters. The molecule has 22 fully saturated rings. The van der Waals surface area contributed by atoms with Crippen LogP contribution in [0.4, 0.5) is 0 Å². The second-order valence-corrected chi connectivity index (χ2v) is 18.8. The summed E-state index contributed by atoms with van der Waals surface area (Å²) in [6, 6.07) is 3.08. The Bertz CT molecular complexity index is 1780. The van der Waals surface area contributed by atoms with Crippen molar-refractivity contribution in [2.24, 2.45) is 0 Å². The van der Waals surface area contributed by atoms with Crippen molar-refractivity contribution >= 4 is 11.3 Å². The molecule has 23 heterocycles. The molecule has 1 aromatic heterocycles. The summed E-state index contributed by atoms with van der Waals surface area (Å²) in [6.45, 7) is -5.87. The van der Waals surface area contributed by atoms with E-state index in [1.165, 1.54) is 6.07 Å². The van der Waals surface area contributed by atoms with Crippen molar-refractivity contribution in [1.82, 2.24) is 0 Å². The van der Waals surface area contributed by atoms with E-state index in [0.29, 0.717) is 0 Å². The van der Waals surface area contributed by atoms with E-state index in [-0.39, 0.29) is 5.06 Å². The van der Waals surface area contributed by atoms with Gasteiger partial charge in [0.15, 0.2) is 48.9 Å². The molecule has 23 rings (SSSR count). The number of aliphatic hydroxyl groups excluding tert-OH is 17. The van der Waals surface area contributed by atoms with Gasteiger partial charge in [-0.1, -0.05) is 0 Å². The first kappa shape index (κ1) is 55.6. The third-order valence-corrected chi connectivity index (χ3v) is 14.2. The predicted molar refractivity (Wildman–Crippen MR) is 219 cm³/mol. The Hall–Kier alpha value is -1.66. The van der Waals surface area contributed by atoms with Crippen LogP contribution in [0.3, 0.4) is 0 Å². The molecule has 0 unspecified atom stereocenters. The summed E-state index contributed by atoms with van der Waals surface area (Å²) >= 11 is 1.05. The maximum Gasteiger partial charge on any atom is 0.188 e. The van der Waals surface area contributed by atoms with Gasteiger partial charge in [-0.3, -0.25) is 0 Å². The molecule has 30 nitrogen and oxygen atoms in total. The molecule has 0 aromatic carbocycles. The molecule has 1 aromatic rings. The minimum Gasteiger partial charge on any atom is -0.475 e. The van der Waals surface area contributed by atoms with Crippen molar-refractivity contribution < 1.29 is 148 Å². The lowest BCUT2D eigenvalue weighted by atomic mass is 9.94. The zero-order valence-corrected chi connectivity index (χ0v) is 37.9. The van der Waals surface area contributed by atoms with Gasteiger partial charge in [-0.25, -0.2) is 0 Å². The summed E-state index contributed by atoms with van der Waals surface area (Å²) in [7, 11) is 0. The summed E-state index contributed by atoms with van der Waals surface area (Å²) in [5.41, 5.74) is 0. The SMILES string of the molecule is OC[C@H]1O[C@@H]2O[C@H]3[C@H](O)[C@@H](O)[C@@H](O[C@H]4[C@H](O)[C@@H](O)[C@@H](O[C@H]5[C@H](O)[C@@H](O)[C@@H](O[C@H]6[C@H](O)[C@@H](O)[C@@H](O[C@H]7[C@H](O)[C@@H](O)[C@@H](O[C@@H]1[C@H](Oc1cccs1)[C@H]2O)O[C@@H]7CO)O[C@@H]6CO)O[C@@H]5CO)O[C@@H]4CO)O[C@@H]3CO. The summed E-state index contributed by atoms with van der Waals surface area (Å²) in [4.78, 5) is 0. The highest BCUT2D eigenvalue weighted by atomic mass is 32.1. The highest BCUT2D eigenvalue weighted by Gasteiger charge is 2.59. The van der Waals surface area contributed by atoms with Crippen LogP contribution < -0.4 is 4.74 Å². The predicted octanol–water partition coefficient (Wildman–Crippen LogP) is -10.9. The van der Waals surface area contributed by atoms with Crippen LogP contribution in [-0.4, -0.2) is 311 Å². The summed E-state index contributed by atoms with van der Waals surface area (Å²) in [6.07, 6.45) is -57.3. The van der Waals surface area contributed by atoms with E-state index in [2.05, 4.69) is 0 Å². The second kappa shape index (κ2) is 23.7. The average molecular weight is 1050 g/mol. The number of hydrogen-bond donors (Lipinski definition) is 17. The standard InChI is InChI=1S/C40H62O30S/c41-4-10-28-17(47)22(52)35(58-10)66-29-11(5-42)60-37(24(54)19(29)49)68-31-13(7-44)62-39(26(56)21(31)51)70-33-15(9-46)63-40(27(57)34(33)64-16-2-1-3-71-16)69-32-14(8-45)61-38(25(55)20(32)50)67-30-12(6-43)59-36(65-28)23(53)18(30)48/h1-3,10-15,17-57H,4-9H2/t10-,11-,12-,13-,14-,15-,17-,18-,19-,20-,21-,22-,23-,24-,25-,26-,27-,28-,29-,30-,31-,32-,33+,34-,35-,36-,37-,38-,39-,40-/m1/s1. The van der Waals surface area contributed by atoms with Crippen LogP contribution >= 0.6 is 11.3 Å². The Balaban J connectivity index is 1.12. The quantitative estimate of drug-likeness (QED) is 0.115. The van der Waals surface area contributed by atoms with Crippen molar-refractivity contribution in [3.05, 3.63) is 17.5 Å². The van der Waals surface area contributed by atoms with Gasteiger partial charge in [-0.2, -0.15) is 0 Å². The topological polar surface area (TPSA) is 464 Å². The molecule has 71 heavy (non-hydrogen) atoms. The van der Waals surface area contributed by atoms with Gasteiger partial charge >= 0.3 is 0 Å². The first-order chi connectivity index (χ1) is 34.0. The summed E-state index contributed by atoms with van der Waals surface area (Å²) in [5, 5.41) is 189. The first-order valence-electron chi connectivity index (χ1n) is 22.7. The van der Waals surface area contributed by atoms with Gasteiger partial charge < -0.3 is 148 Å². The van der Waals surface area contributed by atoms with E-state index >= 15 is 0 Å². The number of aliphatic hydroxyl groups is 17. The fourth-order valence-electron chi connectivity index (χ4n) is 9.51. The number of ether oxygens (including phenoxy) is 13. The van der Waals surface area contributed by atoms with Gasteiger partial charge in [-0.15, -0.1) is 11.3 Å². The maximum absolute atomic E-state index is 11.8. The van der Waals surface area contributed by atoms with Gasteiger partial charge in [0.2, 0.25) is 0 Å². The Morgan fingerprint density at radius 2 is 0.563 bits per heavy atom. The van der Waals surface area contributed by atoms with Gasteiger partial charge in [-0.05, 0) is 17.5 Å². The molecule has 22 saturated heterocycles. The Morgan fingerprint density at radius 1 is 0.324 bits per heavy atom. The minimum absolute atomic E-state index is 0.164. The zero-order chi connectivity index (χ0) is 51.2. The van der Waals surface area contributed by atoms with Gasteiger partial charge in [0.25, 0.3) is 0 Å². The Kier molecular flexibility index (Phi) is 18.6. The smallest absolute Gasteiger partial charge is 0.188 e. The third kappa shape index (κ3) is 11.0. The first-order valence-corrected chi connectivity index (χ1v) is 23.6. The van der Waals surface area contributed by atoms with Crippen LogP contribution in [0.5, 0.6) is 5.06 Å². The molecular formula is C40H62O30S. The molecule has 408 valence electrons. The van der Waals surface area contributed by atoms with E-state index in [1.54, 1.807) is 11.4 Å². The van der Waals surface area contributed by atoms with Crippen molar-refractivity contribution in [2.45, 2.75) is 184 Å². The molecular weight excluding hydrogens is 992 g/mol. The molecule has 12 bridgehead atoms. The van der Waals surface area contributed by atoms with Crippen molar-refractivity contribution in [3.8, 4) is 5.06 Å². The summed E-state index contributed by atoms with van der Waals surface area (Å²) < 4.78 is 75.6. The normalized spacial score (nSPS) is 52.2. The minimum atomic E-state index is -2.15. The Labute approximate surface area is 405 Å². The van der Waals surface area contributed by atoms with E-state index in [0.717, 1.165) is 11.3 Å².